The third-order valence-electron chi connectivity index (χ3n) is 4.37. The third-order valence-corrected chi connectivity index (χ3v) is 7.03. The number of carbonyl (C=O) groups is 1. The topological polar surface area (TPSA) is 75.3 Å². The van der Waals surface area contributed by atoms with Crippen LogP contribution >= 0.6 is 35.0 Å². The van der Waals surface area contributed by atoms with Crippen LogP contribution in [0, 0.1) is 0 Å². The van der Waals surface area contributed by atoms with Gasteiger partial charge in [-0.05, 0) is 66.9 Å². The Labute approximate surface area is 202 Å². The fraction of sp³-hybridized carbons (Fsp3) is 0.0952. The summed E-state index contributed by atoms with van der Waals surface area (Å²) in [6.45, 7) is 0. The van der Waals surface area contributed by atoms with E-state index in [0.29, 0.717) is 9.92 Å². The standard InChI is InChI=1S/C21H15Cl2F3N2O3S2/c1-32-19-9-2-12(21(24,25)26)10-18(19)27-20(29)16-11-14(23)5-8-17(16)28-33(30,31)15-6-3-13(22)4-7-15/h2-11,28H,1H3,(H,27,29). The number of nitrogens with one attached hydrogen (secondary N) is 2. The van der Waals surface area contributed by atoms with E-state index in [1.807, 2.05) is 0 Å². The molecule has 3 rings (SSSR count). The number of benzene rings is 3. The van der Waals surface area contributed by atoms with Crippen LogP contribution in [-0.4, -0.2) is 20.6 Å². The van der Waals surface area contributed by atoms with E-state index in [4.69, 9.17) is 23.2 Å². The van der Waals surface area contributed by atoms with Crippen molar-refractivity contribution in [3.8, 4) is 0 Å². The first-order chi connectivity index (χ1) is 15.4. The van der Waals surface area contributed by atoms with Crippen LogP contribution in [-0.2, 0) is 16.2 Å². The highest BCUT2D eigenvalue weighted by Gasteiger charge is 2.31. The second-order valence-electron chi connectivity index (χ2n) is 6.62. The average molecular weight is 535 g/mol. The second kappa shape index (κ2) is 9.84. The van der Waals surface area contributed by atoms with Crippen molar-refractivity contribution in [1.29, 1.82) is 0 Å². The Morgan fingerprint density at radius 3 is 2.15 bits per heavy atom. The van der Waals surface area contributed by atoms with E-state index in [2.05, 4.69) is 10.0 Å². The summed E-state index contributed by atoms with van der Waals surface area (Å²) in [5.74, 6) is -0.846. The Balaban J connectivity index is 1.97. The second-order valence-corrected chi connectivity index (χ2v) is 10.0. The lowest BCUT2D eigenvalue weighted by Gasteiger charge is -2.16. The normalized spacial score (nSPS) is 11.8. The number of hydrogen-bond donors (Lipinski definition) is 2. The molecule has 0 fully saturated rings. The van der Waals surface area contributed by atoms with Gasteiger partial charge in [0.1, 0.15) is 0 Å². The lowest BCUT2D eigenvalue weighted by atomic mass is 10.1. The van der Waals surface area contributed by atoms with Crippen LogP contribution in [0.1, 0.15) is 15.9 Å². The highest BCUT2D eigenvalue weighted by atomic mass is 35.5. The monoisotopic (exact) mass is 534 g/mol. The highest BCUT2D eigenvalue weighted by Crippen LogP contribution is 2.35. The van der Waals surface area contributed by atoms with Gasteiger partial charge >= 0.3 is 6.18 Å². The van der Waals surface area contributed by atoms with E-state index in [0.717, 1.165) is 23.9 Å². The van der Waals surface area contributed by atoms with Gasteiger partial charge in [-0.3, -0.25) is 9.52 Å². The molecule has 0 spiro atoms. The fourth-order valence-corrected chi connectivity index (χ4v) is 4.69. The Morgan fingerprint density at radius 2 is 1.55 bits per heavy atom. The SMILES string of the molecule is CSc1ccc(C(F)(F)F)cc1NC(=O)c1cc(Cl)ccc1NS(=O)(=O)c1ccc(Cl)cc1. The van der Waals surface area contributed by atoms with Crippen molar-refractivity contribution in [3.05, 3.63) is 81.8 Å². The van der Waals surface area contributed by atoms with E-state index in [9.17, 15) is 26.4 Å². The van der Waals surface area contributed by atoms with Crippen molar-refractivity contribution in [2.45, 2.75) is 16.0 Å². The van der Waals surface area contributed by atoms with Crippen LogP contribution in [0.4, 0.5) is 24.5 Å². The first-order valence-electron chi connectivity index (χ1n) is 9.05. The minimum absolute atomic E-state index is 0.0752. The molecular formula is C21H15Cl2F3N2O3S2. The largest absolute Gasteiger partial charge is 0.416 e. The van der Waals surface area contributed by atoms with Crippen LogP contribution in [0.2, 0.25) is 10.0 Å². The molecule has 3 aromatic rings. The number of anilines is 2. The molecule has 12 heteroatoms. The quantitative estimate of drug-likeness (QED) is 0.341. The van der Waals surface area contributed by atoms with Crippen molar-refractivity contribution in [2.75, 3.05) is 16.3 Å². The molecule has 0 heterocycles. The summed E-state index contributed by atoms with van der Waals surface area (Å²) in [5, 5.41) is 2.89. The zero-order valence-electron chi connectivity index (χ0n) is 16.7. The lowest BCUT2D eigenvalue weighted by Crippen LogP contribution is -2.19. The van der Waals surface area contributed by atoms with Gasteiger partial charge in [0.2, 0.25) is 0 Å². The summed E-state index contributed by atoms with van der Waals surface area (Å²) < 4.78 is 67.2. The summed E-state index contributed by atoms with van der Waals surface area (Å²) in [6.07, 6.45) is -2.96. The molecule has 0 saturated heterocycles. The van der Waals surface area contributed by atoms with E-state index in [1.54, 1.807) is 6.26 Å². The number of carbonyl (C=O) groups excluding carboxylic acids is 1. The van der Waals surface area contributed by atoms with Crippen molar-refractivity contribution in [2.24, 2.45) is 0 Å². The summed E-state index contributed by atoms with van der Waals surface area (Å²) in [5.41, 5.74) is -1.30. The molecule has 0 atom stereocenters. The number of amides is 1. The molecular weight excluding hydrogens is 520 g/mol. The molecule has 1 amide bonds. The van der Waals surface area contributed by atoms with Gasteiger partial charge in [-0.25, -0.2) is 8.42 Å². The van der Waals surface area contributed by atoms with Gasteiger partial charge in [0, 0.05) is 14.9 Å². The molecule has 0 aromatic heterocycles. The van der Waals surface area contributed by atoms with Crippen molar-refractivity contribution in [1.82, 2.24) is 0 Å². The number of rotatable bonds is 6. The summed E-state index contributed by atoms with van der Waals surface area (Å²) in [7, 11) is -4.10. The maximum absolute atomic E-state index is 13.1. The molecule has 2 N–H and O–H groups in total. The van der Waals surface area contributed by atoms with Crippen LogP contribution in [0.3, 0.4) is 0 Å². The average Bonchev–Trinajstić information content (AvgIpc) is 2.74. The molecule has 0 unspecified atom stereocenters. The molecule has 0 aliphatic carbocycles. The van der Waals surface area contributed by atoms with Gasteiger partial charge < -0.3 is 5.32 Å². The number of sulfonamides is 1. The Morgan fingerprint density at radius 1 is 0.909 bits per heavy atom. The molecule has 0 radical (unpaired) electrons. The number of hydrogen-bond acceptors (Lipinski definition) is 4. The summed E-state index contributed by atoms with van der Waals surface area (Å²) in [6, 6.07) is 12.2. The van der Waals surface area contributed by atoms with Crippen molar-refractivity contribution in [3.63, 3.8) is 0 Å². The lowest BCUT2D eigenvalue weighted by molar-refractivity contribution is -0.137. The van der Waals surface area contributed by atoms with Gasteiger partial charge in [-0.15, -0.1) is 11.8 Å². The number of alkyl halides is 3. The Bertz CT molecular complexity index is 1300. The Hall–Kier alpha value is -2.40. The van der Waals surface area contributed by atoms with E-state index >= 15 is 0 Å². The molecule has 5 nitrogen and oxygen atoms in total. The van der Waals surface area contributed by atoms with Crippen molar-refractivity contribution < 1.29 is 26.4 Å². The van der Waals surface area contributed by atoms with Gasteiger partial charge in [-0.1, -0.05) is 23.2 Å². The van der Waals surface area contributed by atoms with E-state index in [-0.39, 0.29) is 26.9 Å². The maximum atomic E-state index is 13.1. The van der Waals surface area contributed by atoms with Crippen LogP contribution in [0.25, 0.3) is 0 Å². The summed E-state index contributed by atoms with van der Waals surface area (Å²) >= 11 is 12.9. The predicted molar refractivity (Wildman–Crippen MR) is 125 cm³/mol. The molecule has 0 saturated carbocycles. The van der Waals surface area contributed by atoms with E-state index in [1.165, 1.54) is 48.5 Å². The zero-order valence-corrected chi connectivity index (χ0v) is 19.8. The molecule has 3 aromatic carbocycles. The number of halogens is 5. The molecule has 174 valence electrons. The van der Waals surface area contributed by atoms with Gasteiger partial charge in [0.05, 0.1) is 27.4 Å². The Kier molecular flexibility index (Phi) is 7.52. The van der Waals surface area contributed by atoms with Crippen LogP contribution in [0.5, 0.6) is 0 Å². The van der Waals surface area contributed by atoms with Gasteiger partial charge in [-0.2, -0.15) is 13.2 Å². The highest BCUT2D eigenvalue weighted by molar-refractivity contribution is 7.98. The van der Waals surface area contributed by atoms with Gasteiger partial charge in [0.15, 0.2) is 0 Å². The number of thioether (sulfide) groups is 1. The predicted octanol–water partition coefficient (Wildman–Crippen LogP) is 6.79. The van der Waals surface area contributed by atoms with Gasteiger partial charge in [0.25, 0.3) is 15.9 Å². The first-order valence-corrected chi connectivity index (χ1v) is 12.5. The minimum Gasteiger partial charge on any atom is -0.321 e. The molecule has 0 aliphatic heterocycles. The maximum Gasteiger partial charge on any atom is 0.416 e. The molecule has 0 aliphatic rings. The minimum atomic E-state index is -4.61. The first kappa shape index (κ1) is 25.2. The van der Waals surface area contributed by atoms with E-state index < -0.39 is 27.7 Å². The van der Waals surface area contributed by atoms with Crippen molar-refractivity contribution >= 4 is 62.3 Å². The molecule has 0 bridgehead atoms. The molecule has 33 heavy (non-hydrogen) atoms. The summed E-state index contributed by atoms with van der Waals surface area (Å²) in [4.78, 5) is 13.3. The zero-order chi connectivity index (χ0) is 24.4. The fourth-order valence-electron chi connectivity index (χ4n) is 2.78. The van der Waals surface area contributed by atoms with Crippen LogP contribution in [0.15, 0.2) is 70.5 Å². The third kappa shape index (κ3) is 6.14. The smallest absolute Gasteiger partial charge is 0.321 e. The van der Waals surface area contributed by atoms with Crippen LogP contribution < -0.4 is 10.0 Å².